The maximum Gasteiger partial charge on any atom is 0.137 e. The highest BCUT2D eigenvalue weighted by Crippen LogP contribution is 2.20. The lowest BCUT2D eigenvalue weighted by molar-refractivity contribution is 0.0105. The summed E-state index contributed by atoms with van der Waals surface area (Å²) in [6, 6.07) is 5.07. The normalized spacial score (nSPS) is 17.6. The van der Waals surface area contributed by atoms with Crippen LogP contribution in [0.1, 0.15) is 5.56 Å². The third-order valence-corrected chi connectivity index (χ3v) is 3.42. The van der Waals surface area contributed by atoms with Gasteiger partial charge in [-0.25, -0.2) is 9.40 Å². The van der Waals surface area contributed by atoms with Crippen LogP contribution >= 0.6 is 15.9 Å². The van der Waals surface area contributed by atoms with Gasteiger partial charge in [0.05, 0.1) is 17.7 Å². The van der Waals surface area contributed by atoms with Crippen LogP contribution in [0, 0.1) is 5.82 Å². The van der Waals surface area contributed by atoms with E-state index in [0.29, 0.717) is 11.0 Å². The Morgan fingerprint density at radius 3 is 2.88 bits per heavy atom. The molecule has 2 rings (SSSR count). The lowest BCUT2D eigenvalue weighted by Gasteiger charge is -2.27. The number of hydrogen-bond donors (Lipinski definition) is 1. The molecule has 0 saturated carbocycles. The van der Waals surface area contributed by atoms with Crippen molar-refractivity contribution in [1.29, 1.82) is 0 Å². The zero-order valence-corrected chi connectivity index (χ0v) is 10.5. The Kier molecular flexibility index (Phi) is 4.29. The van der Waals surface area contributed by atoms with Crippen LogP contribution < -0.4 is 5.43 Å². The average Bonchev–Trinajstić information content (AvgIpc) is 2.32. The zero-order valence-electron chi connectivity index (χ0n) is 8.88. The summed E-state index contributed by atoms with van der Waals surface area (Å²) in [5.41, 5.74) is 4.19. The molecule has 1 aromatic rings. The molecule has 3 nitrogen and oxygen atoms in total. The number of nitrogens with zero attached hydrogens (tertiary/aromatic N) is 1. The molecule has 0 atom stereocenters. The molecule has 1 aliphatic heterocycles. The summed E-state index contributed by atoms with van der Waals surface area (Å²) >= 11 is 3.25. The molecule has 0 radical (unpaired) electrons. The van der Waals surface area contributed by atoms with Crippen LogP contribution in [-0.4, -0.2) is 31.3 Å². The molecule has 1 fully saturated rings. The summed E-state index contributed by atoms with van der Waals surface area (Å²) in [4.78, 5) is 0. The molecule has 88 valence electrons. The second-order valence-corrected chi connectivity index (χ2v) is 4.44. The molecule has 1 N–H and O–H groups in total. The van der Waals surface area contributed by atoms with Gasteiger partial charge in [-0.2, -0.15) is 0 Å². The molecule has 0 aliphatic carbocycles. The van der Waals surface area contributed by atoms with Crippen LogP contribution in [0.15, 0.2) is 22.7 Å². The fourth-order valence-electron chi connectivity index (χ4n) is 1.60. The number of benzene rings is 1. The maximum absolute atomic E-state index is 13.2. The first-order valence-corrected chi connectivity index (χ1v) is 6.06. The second kappa shape index (κ2) is 5.72. The summed E-state index contributed by atoms with van der Waals surface area (Å²) in [7, 11) is 0. The van der Waals surface area contributed by atoms with Crippen LogP contribution in [0.4, 0.5) is 4.39 Å². The Balaban J connectivity index is 1.91. The number of ether oxygens (including phenoxy) is 1. The van der Waals surface area contributed by atoms with Gasteiger partial charge < -0.3 is 4.74 Å². The van der Waals surface area contributed by atoms with Gasteiger partial charge in [-0.1, -0.05) is 12.1 Å². The van der Waals surface area contributed by atoms with E-state index in [1.54, 1.807) is 6.07 Å². The molecule has 0 unspecified atom stereocenters. The number of rotatable bonds is 3. The minimum Gasteiger partial charge on any atom is -0.379 e. The van der Waals surface area contributed by atoms with Crippen molar-refractivity contribution < 1.29 is 9.13 Å². The van der Waals surface area contributed by atoms with Gasteiger partial charge in [0.15, 0.2) is 0 Å². The quantitative estimate of drug-likeness (QED) is 0.920. The average molecular weight is 289 g/mol. The first-order chi connectivity index (χ1) is 7.77. The molecule has 1 aromatic carbocycles. The first-order valence-electron chi connectivity index (χ1n) is 5.26. The zero-order chi connectivity index (χ0) is 11.4. The topological polar surface area (TPSA) is 24.5 Å². The fourth-order valence-corrected chi connectivity index (χ4v) is 2.01. The van der Waals surface area contributed by atoms with E-state index in [0.717, 1.165) is 31.9 Å². The van der Waals surface area contributed by atoms with Crippen LogP contribution in [-0.2, 0) is 11.3 Å². The van der Waals surface area contributed by atoms with Crippen molar-refractivity contribution in [1.82, 2.24) is 10.4 Å². The highest BCUT2D eigenvalue weighted by Gasteiger charge is 2.11. The molecule has 1 saturated heterocycles. The van der Waals surface area contributed by atoms with Gasteiger partial charge >= 0.3 is 0 Å². The van der Waals surface area contributed by atoms with Crippen LogP contribution in [0.5, 0.6) is 0 Å². The predicted molar refractivity (Wildman–Crippen MR) is 63.3 cm³/mol. The smallest absolute Gasteiger partial charge is 0.137 e. The molecule has 0 amide bonds. The van der Waals surface area contributed by atoms with E-state index in [2.05, 4.69) is 26.4 Å². The minimum absolute atomic E-state index is 0.221. The van der Waals surface area contributed by atoms with Crippen molar-refractivity contribution in [3.8, 4) is 0 Å². The lowest BCUT2D eigenvalue weighted by Crippen LogP contribution is -2.45. The standard InChI is InChI=1S/C11H14BrFN2O/c12-11-9(2-1-3-10(11)13)8-14-15-4-6-16-7-5-15/h1-3,14H,4-8H2. The Bertz CT molecular complexity index is 356. The number of morpholine rings is 1. The molecule has 0 spiro atoms. The monoisotopic (exact) mass is 288 g/mol. The number of halogens is 2. The third-order valence-electron chi connectivity index (χ3n) is 2.54. The molecule has 0 bridgehead atoms. The van der Waals surface area contributed by atoms with Crippen molar-refractivity contribution in [2.24, 2.45) is 0 Å². The fraction of sp³-hybridized carbons (Fsp3) is 0.455. The SMILES string of the molecule is Fc1cccc(CNN2CCOCC2)c1Br. The Hall–Kier alpha value is -0.490. The Morgan fingerprint density at radius 2 is 2.12 bits per heavy atom. The molecule has 5 heteroatoms. The summed E-state index contributed by atoms with van der Waals surface area (Å²) in [6.07, 6.45) is 0. The van der Waals surface area contributed by atoms with E-state index in [9.17, 15) is 4.39 Å². The van der Waals surface area contributed by atoms with Gasteiger partial charge in [0, 0.05) is 19.6 Å². The number of nitrogens with one attached hydrogen (secondary N) is 1. The van der Waals surface area contributed by atoms with Gasteiger partial charge in [-0.15, -0.1) is 0 Å². The van der Waals surface area contributed by atoms with Crippen molar-refractivity contribution in [2.75, 3.05) is 26.3 Å². The van der Waals surface area contributed by atoms with E-state index < -0.39 is 0 Å². The van der Waals surface area contributed by atoms with Crippen LogP contribution in [0.3, 0.4) is 0 Å². The van der Waals surface area contributed by atoms with Gasteiger partial charge in [0.2, 0.25) is 0 Å². The first kappa shape index (κ1) is 12.0. The van der Waals surface area contributed by atoms with Crippen LogP contribution in [0.2, 0.25) is 0 Å². The number of hydrogen-bond acceptors (Lipinski definition) is 3. The van der Waals surface area contributed by atoms with E-state index in [-0.39, 0.29) is 5.82 Å². The summed E-state index contributed by atoms with van der Waals surface area (Å²) in [5, 5.41) is 2.10. The second-order valence-electron chi connectivity index (χ2n) is 3.65. The molecule has 1 heterocycles. The largest absolute Gasteiger partial charge is 0.379 e. The number of hydrazine groups is 1. The van der Waals surface area contributed by atoms with Gasteiger partial charge in [-0.3, -0.25) is 5.43 Å². The van der Waals surface area contributed by atoms with E-state index in [1.165, 1.54) is 6.07 Å². The Labute approximate surface area is 103 Å². The third kappa shape index (κ3) is 3.01. The maximum atomic E-state index is 13.2. The molecule has 16 heavy (non-hydrogen) atoms. The molecular weight excluding hydrogens is 275 g/mol. The van der Waals surface area contributed by atoms with Crippen LogP contribution in [0.25, 0.3) is 0 Å². The highest BCUT2D eigenvalue weighted by atomic mass is 79.9. The highest BCUT2D eigenvalue weighted by molar-refractivity contribution is 9.10. The van der Waals surface area contributed by atoms with Gasteiger partial charge in [-0.05, 0) is 27.6 Å². The van der Waals surface area contributed by atoms with Crippen molar-refractivity contribution in [3.05, 3.63) is 34.1 Å². The van der Waals surface area contributed by atoms with Gasteiger partial charge in [0.25, 0.3) is 0 Å². The van der Waals surface area contributed by atoms with Crippen molar-refractivity contribution in [2.45, 2.75) is 6.54 Å². The lowest BCUT2D eigenvalue weighted by atomic mass is 10.2. The van der Waals surface area contributed by atoms with Crippen molar-refractivity contribution >= 4 is 15.9 Å². The predicted octanol–water partition coefficient (Wildman–Crippen LogP) is 1.93. The van der Waals surface area contributed by atoms with E-state index in [1.807, 2.05) is 6.07 Å². The summed E-state index contributed by atoms with van der Waals surface area (Å²) < 4.78 is 19.0. The van der Waals surface area contributed by atoms with E-state index in [4.69, 9.17) is 4.74 Å². The van der Waals surface area contributed by atoms with E-state index >= 15 is 0 Å². The molecule has 0 aromatic heterocycles. The molecular formula is C11H14BrFN2O. The molecule has 1 aliphatic rings. The Morgan fingerprint density at radius 1 is 1.38 bits per heavy atom. The minimum atomic E-state index is -0.221. The summed E-state index contributed by atoms with van der Waals surface area (Å²) in [6.45, 7) is 3.85. The summed E-state index contributed by atoms with van der Waals surface area (Å²) in [5.74, 6) is -0.221. The van der Waals surface area contributed by atoms with Crippen molar-refractivity contribution in [3.63, 3.8) is 0 Å². The van der Waals surface area contributed by atoms with Gasteiger partial charge in [0.1, 0.15) is 5.82 Å².